The molecular formula is C18H18BrNOS. The molecule has 0 fully saturated rings. The number of fused-ring (bicyclic) bond motifs is 2. The highest BCUT2D eigenvalue weighted by Crippen LogP contribution is 2.32. The molecule has 1 amide bonds. The van der Waals surface area contributed by atoms with Crippen LogP contribution in [0.5, 0.6) is 0 Å². The van der Waals surface area contributed by atoms with Crippen LogP contribution in [0.2, 0.25) is 0 Å². The molecule has 0 spiro atoms. The number of carbonyl (C=O) groups is 1. The quantitative estimate of drug-likeness (QED) is 0.665. The Hall–Kier alpha value is -1.26. The number of amides is 1. The Kier molecular flexibility index (Phi) is 4.59. The van der Waals surface area contributed by atoms with E-state index in [1.165, 1.54) is 21.6 Å². The van der Waals surface area contributed by atoms with Crippen molar-refractivity contribution in [1.82, 2.24) is 0 Å². The van der Waals surface area contributed by atoms with Crippen LogP contribution in [0.1, 0.15) is 23.6 Å². The Labute approximate surface area is 144 Å². The second-order valence-corrected chi connectivity index (χ2v) is 7.31. The lowest BCUT2D eigenvalue weighted by Gasteiger charge is -2.28. The number of hydrogen-bond acceptors (Lipinski definition) is 2. The summed E-state index contributed by atoms with van der Waals surface area (Å²) in [6, 6.07) is 12.8. The molecule has 0 saturated carbocycles. The average molecular weight is 376 g/mol. The highest BCUT2D eigenvalue weighted by Gasteiger charge is 2.20. The summed E-state index contributed by atoms with van der Waals surface area (Å²) >= 11 is 5.28. The van der Waals surface area contributed by atoms with E-state index in [0.717, 1.165) is 23.0 Å². The van der Waals surface area contributed by atoms with Gasteiger partial charge in [0, 0.05) is 22.0 Å². The zero-order valence-corrected chi connectivity index (χ0v) is 15.1. The summed E-state index contributed by atoms with van der Waals surface area (Å²) in [6.07, 6.45) is 4.06. The van der Waals surface area contributed by atoms with Crippen LogP contribution >= 0.6 is 27.7 Å². The van der Waals surface area contributed by atoms with E-state index in [-0.39, 0.29) is 5.91 Å². The molecule has 0 bridgehead atoms. The molecule has 0 radical (unpaired) electrons. The van der Waals surface area contributed by atoms with Gasteiger partial charge >= 0.3 is 0 Å². The molecule has 0 aliphatic carbocycles. The molecule has 4 heteroatoms. The van der Waals surface area contributed by atoms with Crippen molar-refractivity contribution in [3.05, 3.63) is 57.6 Å². The molecule has 0 saturated heterocycles. The van der Waals surface area contributed by atoms with E-state index < -0.39 is 0 Å². The molecule has 1 heterocycles. The first kappa shape index (κ1) is 15.6. The number of aryl methyl sites for hydroxylation is 2. The van der Waals surface area contributed by atoms with Crippen molar-refractivity contribution in [2.75, 3.05) is 11.2 Å². The van der Waals surface area contributed by atoms with Gasteiger partial charge in [-0.3, -0.25) is 4.79 Å². The smallest absolute Gasteiger partial charge is 0.224 e. The van der Waals surface area contributed by atoms with Crippen LogP contribution in [0.4, 0.5) is 5.69 Å². The Morgan fingerprint density at radius 3 is 2.59 bits per heavy atom. The maximum Gasteiger partial charge on any atom is 0.224 e. The number of rotatable bonds is 1. The van der Waals surface area contributed by atoms with Gasteiger partial charge in [-0.15, -0.1) is 11.8 Å². The molecule has 22 heavy (non-hydrogen) atoms. The van der Waals surface area contributed by atoms with Gasteiger partial charge in [0.2, 0.25) is 5.91 Å². The molecule has 0 unspecified atom stereocenters. The minimum Gasteiger partial charge on any atom is -0.308 e. The van der Waals surface area contributed by atoms with E-state index in [1.807, 2.05) is 4.90 Å². The molecule has 2 aromatic rings. The third kappa shape index (κ3) is 3.08. The Morgan fingerprint density at radius 1 is 1.09 bits per heavy atom. The van der Waals surface area contributed by atoms with Gasteiger partial charge in [0.25, 0.3) is 0 Å². The topological polar surface area (TPSA) is 20.3 Å². The number of benzene rings is 2. The fourth-order valence-corrected chi connectivity index (χ4v) is 3.82. The van der Waals surface area contributed by atoms with Crippen molar-refractivity contribution >= 4 is 39.3 Å². The van der Waals surface area contributed by atoms with Crippen LogP contribution in [-0.4, -0.2) is 12.2 Å². The summed E-state index contributed by atoms with van der Waals surface area (Å²) in [6.45, 7) is 2.28. The fourth-order valence-electron chi connectivity index (χ4n) is 2.94. The first-order chi connectivity index (χ1) is 10.6. The van der Waals surface area contributed by atoms with E-state index >= 15 is 0 Å². The summed E-state index contributed by atoms with van der Waals surface area (Å²) in [5.41, 5.74) is 4.87. The molecule has 0 N–H and O–H groups in total. The predicted molar refractivity (Wildman–Crippen MR) is 96.6 cm³/mol. The lowest BCUT2D eigenvalue weighted by molar-refractivity contribution is -0.116. The summed E-state index contributed by atoms with van der Waals surface area (Å²) in [7, 11) is 0. The first-order valence-electron chi connectivity index (χ1n) is 7.31. The van der Waals surface area contributed by atoms with Crippen molar-refractivity contribution in [2.24, 2.45) is 0 Å². The van der Waals surface area contributed by atoms with E-state index in [9.17, 15) is 4.79 Å². The van der Waals surface area contributed by atoms with Gasteiger partial charge in [-0.1, -0.05) is 22.0 Å². The van der Waals surface area contributed by atoms with Crippen LogP contribution in [0, 0.1) is 0 Å². The molecule has 1 aliphatic heterocycles. The number of halogens is 1. The van der Waals surface area contributed by atoms with Gasteiger partial charge in [-0.05, 0) is 66.1 Å². The van der Waals surface area contributed by atoms with Gasteiger partial charge in [0.15, 0.2) is 0 Å². The number of carbonyl (C=O) groups excluding carboxylic acids is 1. The number of thioether (sulfide) groups is 1. The van der Waals surface area contributed by atoms with Crippen molar-refractivity contribution in [2.45, 2.75) is 31.2 Å². The van der Waals surface area contributed by atoms with E-state index in [1.54, 1.807) is 18.7 Å². The van der Waals surface area contributed by atoms with Crippen LogP contribution in [-0.2, 0) is 24.2 Å². The lowest BCUT2D eigenvalue weighted by Crippen LogP contribution is -2.30. The van der Waals surface area contributed by atoms with Crippen molar-refractivity contribution < 1.29 is 4.79 Å². The van der Waals surface area contributed by atoms with Crippen molar-refractivity contribution in [3.8, 4) is 0 Å². The second-order valence-electron chi connectivity index (χ2n) is 5.51. The summed E-state index contributed by atoms with van der Waals surface area (Å²) < 4.78 is 1.06. The Balaban J connectivity index is 2.09. The molecule has 2 nitrogen and oxygen atoms in total. The van der Waals surface area contributed by atoms with Crippen LogP contribution in [0.25, 0.3) is 0 Å². The number of nitrogens with zero attached hydrogens (tertiary/aromatic N) is 1. The van der Waals surface area contributed by atoms with Gasteiger partial charge in [0.05, 0.1) is 6.54 Å². The highest BCUT2D eigenvalue weighted by molar-refractivity contribution is 9.10. The van der Waals surface area contributed by atoms with Crippen LogP contribution < -0.4 is 4.90 Å². The average Bonchev–Trinajstić information content (AvgIpc) is 2.49. The third-order valence-corrected chi connectivity index (χ3v) is 5.34. The van der Waals surface area contributed by atoms with Gasteiger partial charge in [-0.2, -0.15) is 0 Å². The SMILES string of the molecule is CSc1ccc2c(c1)CCc1ccc(Br)cc1CN2C(C)=O. The first-order valence-corrected chi connectivity index (χ1v) is 9.32. The number of hydrogen-bond donors (Lipinski definition) is 0. The monoisotopic (exact) mass is 375 g/mol. The summed E-state index contributed by atoms with van der Waals surface area (Å²) in [4.78, 5) is 15.3. The molecule has 1 aliphatic rings. The van der Waals surface area contributed by atoms with Gasteiger partial charge in [-0.25, -0.2) is 0 Å². The maximum atomic E-state index is 12.2. The molecule has 3 rings (SSSR count). The summed E-state index contributed by atoms with van der Waals surface area (Å²) in [5, 5.41) is 0. The second kappa shape index (κ2) is 6.47. The largest absolute Gasteiger partial charge is 0.308 e. The van der Waals surface area contributed by atoms with E-state index in [4.69, 9.17) is 0 Å². The minimum atomic E-state index is 0.0889. The molecule has 2 aromatic carbocycles. The highest BCUT2D eigenvalue weighted by atomic mass is 79.9. The minimum absolute atomic E-state index is 0.0889. The number of anilines is 1. The fraction of sp³-hybridized carbons (Fsp3) is 0.278. The molecular weight excluding hydrogens is 358 g/mol. The normalized spacial score (nSPS) is 13.9. The zero-order chi connectivity index (χ0) is 15.7. The van der Waals surface area contributed by atoms with Crippen LogP contribution in [0.15, 0.2) is 45.8 Å². The summed E-state index contributed by atoms with van der Waals surface area (Å²) in [5.74, 6) is 0.0889. The Morgan fingerprint density at radius 2 is 1.86 bits per heavy atom. The third-order valence-electron chi connectivity index (χ3n) is 4.12. The zero-order valence-electron chi connectivity index (χ0n) is 12.7. The van der Waals surface area contributed by atoms with E-state index in [2.05, 4.69) is 58.6 Å². The molecule has 0 aromatic heterocycles. The Bertz CT molecular complexity index is 729. The van der Waals surface area contributed by atoms with Crippen molar-refractivity contribution in [3.63, 3.8) is 0 Å². The van der Waals surface area contributed by atoms with Crippen molar-refractivity contribution in [1.29, 1.82) is 0 Å². The lowest BCUT2D eigenvalue weighted by atomic mass is 9.95. The molecule has 0 atom stereocenters. The molecule has 114 valence electrons. The van der Waals surface area contributed by atoms with Gasteiger partial charge < -0.3 is 4.90 Å². The van der Waals surface area contributed by atoms with Crippen LogP contribution in [0.3, 0.4) is 0 Å². The predicted octanol–water partition coefficient (Wildman–Crippen LogP) is 4.82. The maximum absolute atomic E-state index is 12.2. The standard InChI is InChI=1S/C18H18BrNOS/c1-12(21)20-11-15-9-16(19)6-5-13(15)3-4-14-10-17(22-2)7-8-18(14)20/h5-10H,3-4,11H2,1-2H3. The van der Waals surface area contributed by atoms with E-state index in [0.29, 0.717) is 6.54 Å². The van der Waals surface area contributed by atoms with Gasteiger partial charge in [0.1, 0.15) is 0 Å².